The van der Waals surface area contributed by atoms with Gasteiger partial charge in [0.2, 0.25) is 0 Å². The van der Waals surface area contributed by atoms with Crippen molar-refractivity contribution in [2.45, 2.75) is 12.5 Å². The molecule has 8 nitrogen and oxygen atoms in total. The molecule has 1 unspecified atom stereocenters. The molecule has 1 atom stereocenters. The molecule has 0 saturated carbocycles. The van der Waals surface area contributed by atoms with E-state index in [1.807, 2.05) is 0 Å². The van der Waals surface area contributed by atoms with Gasteiger partial charge in [0.05, 0.1) is 24.0 Å². The summed E-state index contributed by atoms with van der Waals surface area (Å²) in [6.07, 6.45) is -0.528. The Labute approximate surface area is 99.7 Å². The van der Waals surface area contributed by atoms with E-state index in [0.29, 0.717) is 0 Å². The Morgan fingerprint density at radius 3 is 2.59 bits per heavy atom. The average molecular weight is 286 g/mol. The first-order valence-electron chi connectivity index (χ1n) is 4.80. The van der Waals surface area contributed by atoms with Crippen LogP contribution < -0.4 is 4.72 Å². The average Bonchev–Trinajstić information content (AvgIpc) is 2.14. The van der Waals surface area contributed by atoms with Crippen molar-refractivity contribution in [3.8, 4) is 0 Å². The van der Waals surface area contributed by atoms with E-state index >= 15 is 0 Å². The second kappa shape index (κ2) is 4.88. The van der Waals surface area contributed by atoms with E-state index in [1.54, 1.807) is 0 Å². The fourth-order valence-corrected chi connectivity index (χ4v) is 4.51. The van der Waals surface area contributed by atoms with Crippen LogP contribution >= 0.6 is 0 Å². The van der Waals surface area contributed by atoms with Crippen LogP contribution in [0.1, 0.15) is 6.42 Å². The van der Waals surface area contributed by atoms with Crippen LogP contribution in [0, 0.1) is 0 Å². The van der Waals surface area contributed by atoms with Gasteiger partial charge in [-0.2, -0.15) is 12.7 Å². The fourth-order valence-electron chi connectivity index (χ4n) is 1.67. The van der Waals surface area contributed by atoms with Gasteiger partial charge < -0.3 is 5.11 Å². The number of carbonyl (C=O) groups is 1. The normalized spacial score (nSPS) is 25.6. The number of aliphatic carboxylic acids is 1. The Morgan fingerprint density at radius 2 is 2.12 bits per heavy atom. The minimum atomic E-state index is -3.81. The standard InChI is InChI=1S/C7H14N2O6S2/c1-8-17(14,15)9-2-3-16(12,13)5-6(9)4-7(10)11/h6,8H,2-5H2,1H3,(H,10,11). The Balaban J connectivity index is 3.00. The lowest BCUT2D eigenvalue weighted by Crippen LogP contribution is -2.54. The molecule has 1 heterocycles. The van der Waals surface area contributed by atoms with E-state index in [9.17, 15) is 21.6 Å². The van der Waals surface area contributed by atoms with Crippen molar-refractivity contribution in [2.24, 2.45) is 0 Å². The van der Waals surface area contributed by atoms with Crippen LogP contribution in [0.2, 0.25) is 0 Å². The third-order valence-electron chi connectivity index (χ3n) is 2.45. The first kappa shape index (κ1) is 14.4. The summed E-state index contributed by atoms with van der Waals surface area (Å²) in [6.45, 7) is -0.219. The molecule has 1 aliphatic heterocycles. The van der Waals surface area contributed by atoms with Crippen molar-refractivity contribution in [1.29, 1.82) is 0 Å². The van der Waals surface area contributed by atoms with Gasteiger partial charge in [0, 0.05) is 13.6 Å². The quantitative estimate of drug-likeness (QED) is 0.618. The van der Waals surface area contributed by atoms with E-state index in [4.69, 9.17) is 5.11 Å². The van der Waals surface area contributed by atoms with Crippen molar-refractivity contribution < 1.29 is 26.7 Å². The molecule has 0 aromatic rings. The zero-order chi connectivity index (χ0) is 13.3. The second-order valence-corrected chi connectivity index (χ2v) is 7.74. The highest BCUT2D eigenvalue weighted by atomic mass is 32.2. The molecule has 0 bridgehead atoms. The Kier molecular flexibility index (Phi) is 4.12. The maximum absolute atomic E-state index is 11.6. The number of carboxylic acids is 1. The zero-order valence-corrected chi connectivity index (χ0v) is 10.8. The third-order valence-corrected chi connectivity index (χ3v) is 5.76. The van der Waals surface area contributed by atoms with Crippen molar-refractivity contribution in [3.63, 3.8) is 0 Å². The lowest BCUT2D eigenvalue weighted by molar-refractivity contribution is -0.137. The summed E-state index contributed by atoms with van der Waals surface area (Å²) in [5, 5.41) is 8.66. The molecule has 17 heavy (non-hydrogen) atoms. The summed E-state index contributed by atoms with van der Waals surface area (Å²) in [5.41, 5.74) is 0. The number of hydrogen-bond donors (Lipinski definition) is 2. The highest BCUT2D eigenvalue weighted by molar-refractivity contribution is 7.92. The number of sulfone groups is 1. The largest absolute Gasteiger partial charge is 0.481 e. The van der Waals surface area contributed by atoms with E-state index in [1.165, 1.54) is 7.05 Å². The molecule has 0 spiro atoms. The maximum Gasteiger partial charge on any atom is 0.305 e. The number of nitrogens with one attached hydrogen (secondary N) is 1. The van der Waals surface area contributed by atoms with E-state index in [-0.39, 0.29) is 12.3 Å². The first-order chi connectivity index (χ1) is 7.68. The van der Waals surface area contributed by atoms with Crippen LogP contribution in [0.4, 0.5) is 0 Å². The molecular weight excluding hydrogens is 272 g/mol. The van der Waals surface area contributed by atoms with Crippen molar-refractivity contribution in [2.75, 3.05) is 25.1 Å². The van der Waals surface area contributed by atoms with E-state index in [2.05, 4.69) is 4.72 Å². The Hall–Kier alpha value is -0.710. The van der Waals surface area contributed by atoms with Gasteiger partial charge in [-0.25, -0.2) is 13.1 Å². The van der Waals surface area contributed by atoms with Crippen molar-refractivity contribution in [1.82, 2.24) is 9.03 Å². The lowest BCUT2D eigenvalue weighted by Gasteiger charge is -2.32. The van der Waals surface area contributed by atoms with Gasteiger partial charge in [-0.3, -0.25) is 4.79 Å². The summed E-state index contributed by atoms with van der Waals surface area (Å²) in [5.74, 6) is -1.98. The highest BCUT2D eigenvalue weighted by Gasteiger charge is 2.38. The number of rotatable bonds is 4. The second-order valence-electron chi connectivity index (χ2n) is 3.69. The molecule has 0 aliphatic carbocycles. The van der Waals surface area contributed by atoms with E-state index < -0.39 is 44.2 Å². The van der Waals surface area contributed by atoms with Crippen molar-refractivity contribution >= 4 is 26.0 Å². The van der Waals surface area contributed by atoms with Gasteiger partial charge in [-0.1, -0.05) is 0 Å². The molecule has 100 valence electrons. The smallest absolute Gasteiger partial charge is 0.305 e. The lowest BCUT2D eigenvalue weighted by atomic mass is 10.2. The molecule has 1 fully saturated rings. The van der Waals surface area contributed by atoms with Gasteiger partial charge >= 0.3 is 5.97 Å². The first-order valence-corrected chi connectivity index (χ1v) is 8.06. The van der Waals surface area contributed by atoms with Gasteiger partial charge in [-0.15, -0.1) is 0 Å². The van der Waals surface area contributed by atoms with Crippen LogP contribution in [0.25, 0.3) is 0 Å². The molecule has 0 aromatic carbocycles. The SMILES string of the molecule is CNS(=O)(=O)N1CCS(=O)(=O)CC1CC(=O)O. The minimum Gasteiger partial charge on any atom is -0.481 e. The predicted molar refractivity (Wildman–Crippen MR) is 59.4 cm³/mol. The van der Waals surface area contributed by atoms with Crippen LogP contribution in [-0.2, 0) is 24.8 Å². The molecule has 0 aromatic heterocycles. The topological polar surface area (TPSA) is 121 Å². The molecule has 1 aliphatic rings. The van der Waals surface area contributed by atoms with Crippen molar-refractivity contribution in [3.05, 3.63) is 0 Å². The van der Waals surface area contributed by atoms with Crippen LogP contribution in [0.3, 0.4) is 0 Å². The van der Waals surface area contributed by atoms with Gasteiger partial charge in [0.1, 0.15) is 0 Å². The van der Waals surface area contributed by atoms with Crippen LogP contribution in [-0.4, -0.2) is 63.4 Å². The van der Waals surface area contributed by atoms with Crippen LogP contribution in [0.5, 0.6) is 0 Å². The summed E-state index contributed by atoms with van der Waals surface area (Å²) in [6, 6.07) is -1.05. The number of carboxylic acid groups (broad SMARTS) is 1. The maximum atomic E-state index is 11.6. The number of nitrogens with zero attached hydrogens (tertiary/aromatic N) is 1. The van der Waals surface area contributed by atoms with Crippen LogP contribution in [0.15, 0.2) is 0 Å². The highest BCUT2D eigenvalue weighted by Crippen LogP contribution is 2.17. The summed E-state index contributed by atoms with van der Waals surface area (Å²) in [7, 11) is -6.00. The predicted octanol–water partition coefficient (Wildman–Crippen LogP) is -1.98. The number of hydrogen-bond acceptors (Lipinski definition) is 5. The van der Waals surface area contributed by atoms with Gasteiger partial charge in [0.15, 0.2) is 9.84 Å². The van der Waals surface area contributed by atoms with E-state index in [0.717, 1.165) is 4.31 Å². The summed E-state index contributed by atoms with van der Waals surface area (Å²) < 4.78 is 48.8. The Bertz CT molecular complexity index is 496. The molecule has 1 rings (SSSR count). The molecule has 0 radical (unpaired) electrons. The van der Waals surface area contributed by atoms with Gasteiger partial charge in [0.25, 0.3) is 10.2 Å². The minimum absolute atomic E-state index is 0.219. The molecule has 2 N–H and O–H groups in total. The van der Waals surface area contributed by atoms with Gasteiger partial charge in [-0.05, 0) is 0 Å². The summed E-state index contributed by atoms with van der Waals surface area (Å²) in [4.78, 5) is 10.6. The zero-order valence-electron chi connectivity index (χ0n) is 9.16. The fraction of sp³-hybridized carbons (Fsp3) is 0.857. The molecule has 0 amide bonds. The third kappa shape index (κ3) is 3.63. The molecule has 10 heteroatoms. The molecule has 1 saturated heterocycles. The summed E-state index contributed by atoms with van der Waals surface area (Å²) >= 11 is 0. The molecular formula is C7H14N2O6S2. The monoisotopic (exact) mass is 286 g/mol. The Morgan fingerprint density at radius 1 is 1.53 bits per heavy atom.